The fraction of sp³-hybridized carbons (Fsp3) is 0.923. The Morgan fingerprint density at radius 1 is 1.03 bits per heavy atom. The van der Waals surface area contributed by atoms with Crippen LogP contribution in [0.5, 0.6) is 0 Å². The maximum atomic E-state index is 10.4. The van der Waals surface area contributed by atoms with Crippen LogP contribution >= 0.6 is 0 Å². The summed E-state index contributed by atoms with van der Waals surface area (Å²) in [4.78, 5) is 0. The van der Waals surface area contributed by atoms with E-state index in [0.717, 1.165) is 32.1 Å². The molecular weight excluding hydrogens is 408 g/mol. The van der Waals surface area contributed by atoms with Crippen LogP contribution in [-0.4, -0.2) is 63.8 Å². The van der Waals surface area contributed by atoms with Crippen molar-refractivity contribution in [2.75, 3.05) is 6.61 Å². The van der Waals surface area contributed by atoms with Gasteiger partial charge in [0.25, 0.3) is 0 Å². The number of hydrogen-bond acceptors (Lipinski definition) is 6. The van der Waals surface area contributed by atoms with Crippen molar-refractivity contribution in [1.29, 1.82) is 0 Å². The van der Waals surface area contributed by atoms with Crippen LogP contribution in [0.2, 0.25) is 0 Å². The third-order valence-corrected chi connectivity index (χ3v) is 10.5. The summed E-state index contributed by atoms with van der Waals surface area (Å²) in [6, 6.07) is 0. The van der Waals surface area contributed by atoms with Crippen LogP contribution in [0, 0.1) is 34.5 Å². The number of allylic oxidation sites excluding steroid dienone is 1. The maximum Gasteiger partial charge on any atom is 0.186 e. The molecule has 32 heavy (non-hydrogen) atoms. The summed E-state index contributed by atoms with van der Waals surface area (Å²) in [6.07, 6.45) is 6.67. The molecule has 5 rings (SSSR count). The van der Waals surface area contributed by atoms with Crippen LogP contribution in [0.4, 0.5) is 0 Å². The van der Waals surface area contributed by atoms with Gasteiger partial charge in [0.05, 0.1) is 18.8 Å². The standard InChI is InChI=1S/C26H42O6/c1-14(27)18-6-7-19-17-5-4-15-12-16(32-24-23(30)22(29)21(28)13-31-24)8-10-25(15,2)20(17)9-11-26(18,19)3/h4,14,16-24,27-30H,5-13H2,1-3H3/t14-,16+,17+,18-,19+,20+,21+,22+,23-,24+,25+,26-/m1/s1. The van der Waals surface area contributed by atoms with Gasteiger partial charge in [-0.15, -0.1) is 0 Å². The summed E-state index contributed by atoms with van der Waals surface area (Å²) < 4.78 is 11.6. The van der Waals surface area contributed by atoms with E-state index < -0.39 is 24.6 Å². The van der Waals surface area contributed by atoms with Crippen LogP contribution in [0.25, 0.3) is 0 Å². The second kappa shape index (κ2) is 8.31. The van der Waals surface area contributed by atoms with E-state index >= 15 is 0 Å². The number of hydrogen-bond donors (Lipinski definition) is 4. The first-order valence-corrected chi connectivity index (χ1v) is 12.8. The summed E-state index contributed by atoms with van der Waals surface area (Å²) in [5.41, 5.74) is 1.97. The number of rotatable bonds is 3. The zero-order chi connectivity index (χ0) is 22.8. The number of fused-ring (bicyclic) bond motifs is 5. The fourth-order valence-electron chi connectivity index (χ4n) is 8.67. The zero-order valence-electron chi connectivity index (χ0n) is 19.8. The van der Waals surface area contributed by atoms with Gasteiger partial charge >= 0.3 is 0 Å². The first-order chi connectivity index (χ1) is 15.1. The highest BCUT2D eigenvalue weighted by Gasteiger charge is 2.59. The lowest BCUT2D eigenvalue weighted by Crippen LogP contribution is -2.55. The minimum absolute atomic E-state index is 0.0204. The SMILES string of the molecule is C[C@@H](O)[C@H]1CC[C@H]2[C@@H]3CC=C4C[C@@H](O[C@@H]5OC[C@H](O)[C@H](O)[C@H]5O)CC[C@]4(C)[C@H]3CC[C@]12C. The summed E-state index contributed by atoms with van der Waals surface area (Å²) in [7, 11) is 0. The Morgan fingerprint density at radius 3 is 2.56 bits per heavy atom. The Balaban J connectivity index is 1.29. The van der Waals surface area contributed by atoms with E-state index in [-0.39, 0.29) is 29.6 Å². The van der Waals surface area contributed by atoms with Gasteiger partial charge in [-0.1, -0.05) is 25.5 Å². The summed E-state index contributed by atoms with van der Waals surface area (Å²) in [5, 5.41) is 40.3. The molecule has 1 aliphatic heterocycles. The minimum Gasteiger partial charge on any atom is -0.393 e. The van der Waals surface area contributed by atoms with Crippen molar-refractivity contribution >= 4 is 0 Å². The normalized spacial score (nSPS) is 54.2. The van der Waals surface area contributed by atoms with Crippen molar-refractivity contribution in [2.45, 2.75) is 109 Å². The van der Waals surface area contributed by atoms with Crippen molar-refractivity contribution < 1.29 is 29.9 Å². The van der Waals surface area contributed by atoms with E-state index in [4.69, 9.17) is 9.47 Å². The van der Waals surface area contributed by atoms with E-state index in [2.05, 4.69) is 19.9 Å². The molecular formula is C26H42O6. The van der Waals surface area contributed by atoms with Crippen LogP contribution in [-0.2, 0) is 9.47 Å². The lowest BCUT2D eigenvalue weighted by atomic mass is 9.47. The van der Waals surface area contributed by atoms with E-state index in [1.54, 1.807) is 0 Å². The Labute approximate surface area is 192 Å². The van der Waals surface area contributed by atoms with Crippen molar-refractivity contribution in [3.05, 3.63) is 11.6 Å². The fourth-order valence-corrected chi connectivity index (χ4v) is 8.67. The third-order valence-electron chi connectivity index (χ3n) is 10.5. The van der Waals surface area contributed by atoms with Gasteiger partial charge < -0.3 is 29.9 Å². The molecule has 0 amide bonds. The highest BCUT2D eigenvalue weighted by Crippen LogP contribution is 2.66. The zero-order valence-corrected chi connectivity index (χ0v) is 19.8. The Bertz CT molecular complexity index is 738. The smallest absolute Gasteiger partial charge is 0.186 e. The van der Waals surface area contributed by atoms with Crippen LogP contribution in [0.3, 0.4) is 0 Å². The second-order valence-corrected chi connectivity index (χ2v) is 12.0. The van der Waals surface area contributed by atoms with Gasteiger partial charge in [-0.25, -0.2) is 0 Å². The van der Waals surface area contributed by atoms with Gasteiger partial charge in [0.15, 0.2) is 6.29 Å². The third kappa shape index (κ3) is 3.52. The molecule has 5 aliphatic rings. The van der Waals surface area contributed by atoms with Gasteiger partial charge in [0.2, 0.25) is 0 Å². The Hall–Kier alpha value is -0.500. The lowest BCUT2D eigenvalue weighted by Gasteiger charge is -2.58. The van der Waals surface area contributed by atoms with Gasteiger partial charge in [0, 0.05) is 0 Å². The van der Waals surface area contributed by atoms with E-state index in [1.807, 2.05) is 6.92 Å². The molecule has 4 aliphatic carbocycles. The molecule has 6 heteroatoms. The van der Waals surface area contributed by atoms with Crippen molar-refractivity contribution in [3.63, 3.8) is 0 Å². The molecule has 1 saturated heterocycles. The first-order valence-electron chi connectivity index (χ1n) is 12.8. The quantitative estimate of drug-likeness (QED) is 0.494. The minimum atomic E-state index is -1.23. The number of ether oxygens (including phenoxy) is 2. The van der Waals surface area contributed by atoms with Crippen molar-refractivity contribution in [2.24, 2.45) is 34.5 Å². The van der Waals surface area contributed by atoms with Crippen LogP contribution in [0.15, 0.2) is 11.6 Å². The molecule has 182 valence electrons. The molecule has 3 saturated carbocycles. The molecule has 0 aromatic rings. The number of aliphatic hydroxyl groups is 4. The Kier molecular flexibility index (Phi) is 6.04. The number of aliphatic hydroxyl groups excluding tert-OH is 4. The molecule has 0 aromatic carbocycles. The molecule has 0 unspecified atom stereocenters. The summed E-state index contributed by atoms with van der Waals surface area (Å²) >= 11 is 0. The molecule has 4 fully saturated rings. The predicted molar refractivity (Wildman–Crippen MR) is 120 cm³/mol. The summed E-state index contributed by atoms with van der Waals surface area (Å²) in [5.74, 6) is 2.56. The van der Waals surface area contributed by atoms with Crippen molar-refractivity contribution in [3.8, 4) is 0 Å². The van der Waals surface area contributed by atoms with E-state index in [9.17, 15) is 20.4 Å². The molecule has 12 atom stereocenters. The van der Waals surface area contributed by atoms with Crippen LogP contribution in [0.1, 0.15) is 72.1 Å². The molecule has 0 spiro atoms. The molecule has 4 N–H and O–H groups in total. The highest BCUT2D eigenvalue weighted by molar-refractivity contribution is 5.25. The summed E-state index contributed by atoms with van der Waals surface area (Å²) in [6.45, 7) is 6.87. The first kappa shape index (κ1) is 23.3. The molecule has 0 bridgehead atoms. The predicted octanol–water partition coefficient (Wildman–Crippen LogP) is 2.77. The second-order valence-electron chi connectivity index (χ2n) is 12.0. The monoisotopic (exact) mass is 450 g/mol. The van der Waals surface area contributed by atoms with Crippen molar-refractivity contribution in [1.82, 2.24) is 0 Å². The van der Waals surface area contributed by atoms with Gasteiger partial charge in [0.1, 0.15) is 18.3 Å². The van der Waals surface area contributed by atoms with Gasteiger partial charge in [-0.05, 0) is 92.8 Å². The lowest BCUT2D eigenvalue weighted by molar-refractivity contribution is -0.284. The molecule has 0 radical (unpaired) electrons. The topological polar surface area (TPSA) is 99.4 Å². The molecule has 0 aromatic heterocycles. The maximum absolute atomic E-state index is 10.4. The highest BCUT2D eigenvalue weighted by atomic mass is 16.7. The molecule has 1 heterocycles. The van der Waals surface area contributed by atoms with Crippen LogP contribution < -0.4 is 0 Å². The largest absolute Gasteiger partial charge is 0.393 e. The molecule has 6 nitrogen and oxygen atoms in total. The van der Waals surface area contributed by atoms with Gasteiger partial charge in [-0.2, -0.15) is 0 Å². The van der Waals surface area contributed by atoms with E-state index in [1.165, 1.54) is 24.8 Å². The Morgan fingerprint density at radius 2 is 1.81 bits per heavy atom. The van der Waals surface area contributed by atoms with Gasteiger partial charge in [-0.3, -0.25) is 0 Å². The van der Waals surface area contributed by atoms with E-state index in [0.29, 0.717) is 23.7 Å². The average molecular weight is 451 g/mol. The average Bonchev–Trinajstić information content (AvgIpc) is 3.12.